The fourth-order valence-corrected chi connectivity index (χ4v) is 3.68. The van der Waals surface area contributed by atoms with Crippen molar-refractivity contribution >= 4 is 31.0 Å². The molecule has 1 rings (SSSR count). The Morgan fingerprint density at radius 1 is 0.941 bits per heavy atom. The standard InChI is InChI=1S/C14H18O2Se/c1-9(15)11-6-12(10(2)16)8-13(7-11)17-14(3,4)5/h6-8H,1-5H3. The van der Waals surface area contributed by atoms with Crippen LogP contribution in [0.15, 0.2) is 18.2 Å². The van der Waals surface area contributed by atoms with E-state index >= 15 is 0 Å². The van der Waals surface area contributed by atoms with E-state index in [1.807, 2.05) is 12.1 Å². The van der Waals surface area contributed by atoms with E-state index in [9.17, 15) is 9.59 Å². The van der Waals surface area contributed by atoms with Crippen LogP contribution in [0, 0.1) is 0 Å². The molecule has 0 atom stereocenters. The summed E-state index contributed by atoms with van der Waals surface area (Å²) >= 11 is 0.253. The maximum absolute atomic E-state index is 11.4. The molecule has 17 heavy (non-hydrogen) atoms. The SMILES string of the molecule is CC(=O)c1cc([Se]C(C)(C)C)cc(C(C)=O)c1. The molecule has 1 aromatic rings. The second-order valence-electron chi connectivity index (χ2n) is 5.07. The summed E-state index contributed by atoms with van der Waals surface area (Å²) < 4.78 is 1.32. The zero-order valence-corrected chi connectivity index (χ0v) is 12.7. The third kappa shape index (κ3) is 4.45. The maximum atomic E-state index is 11.4. The molecule has 92 valence electrons. The van der Waals surface area contributed by atoms with Crippen LogP contribution in [-0.4, -0.2) is 26.5 Å². The van der Waals surface area contributed by atoms with E-state index in [1.165, 1.54) is 13.8 Å². The summed E-state index contributed by atoms with van der Waals surface area (Å²) in [5.41, 5.74) is 1.28. The van der Waals surface area contributed by atoms with Gasteiger partial charge in [-0.3, -0.25) is 0 Å². The normalized spacial score (nSPS) is 11.4. The molecular weight excluding hydrogens is 279 g/mol. The third-order valence-corrected chi connectivity index (χ3v) is 4.42. The molecule has 0 aliphatic rings. The van der Waals surface area contributed by atoms with Crippen molar-refractivity contribution in [3.05, 3.63) is 29.3 Å². The van der Waals surface area contributed by atoms with Gasteiger partial charge in [-0.05, 0) is 0 Å². The molecule has 3 heteroatoms. The minimum atomic E-state index is 0.0130. The zero-order chi connectivity index (χ0) is 13.2. The number of ketones is 2. The molecule has 0 aliphatic carbocycles. The number of Topliss-reactive ketones (excluding diaryl/α,β-unsaturated/α-hetero) is 2. The Kier molecular flexibility index (Phi) is 4.29. The van der Waals surface area contributed by atoms with Gasteiger partial charge < -0.3 is 0 Å². The second-order valence-corrected chi connectivity index (χ2v) is 9.06. The molecule has 0 bridgehead atoms. The van der Waals surface area contributed by atoms with Crippen molar-refractivity contribution in [2.45, 2.75) is 38.9 Å². The van der Waals surface area contributed by atoms with Crippen LogP contribution in [0.5, 0.6) is 0 Å². The molecule has 0 unspecified atom stereocenters. The van der Waals surface area contributed by atoms with Gasteiger partial charge >= 0.3 is 109 Å². The fraction of sp³-hybridized carbons (Fsp3) is 0.429. The van der Waals surface area contributed by atoms with Gasteiger partial charge in [0.15, 0.2) is 0 Å². The van der Waals surface area contributed by atoms with E-state index in [1.54, 1.807) is 6.07 Å². The van der Waals surface area contributed by atoms with Gasteiger partial charge in [-0.2, -0.15) is 0 Å². The van der Waals surface area contributed by atoms with Crippen LogP contribution >= 0.6 is 0 Å². The van der Waals surface area contributed by atoms with E-state index < -0.39 is 0 Å². The monoisotopic (exact) mass is 298 g/mol. The molecule has 0 amide bonds. The van der Waals surface area contributed by atoms with Crippen molar-refractivity contribution in [2.24, 2.45) is 0 Å². The summed E-state index contributed by atoms with van der Waals surface area (Å²) in [5.74, 6) is 0.0260. The Bertz CT molecular complexity index is 424. The van der Waals surface area contributed by atoms with Crippen molar-refractivity contribution in [2.75, 3.05) is 0 Å². The van der Waals surface area contributed by atoms with E-state index in [2.05, 4.69) is 20.8 Å². The minimum absolute atomic E-state index is 0.0130. The van der Waals surface area contributed by atoms with Gasteiger partial charge in [-0.1, -0.05) is 0 Å². The number of hydrogen-bond donors (Lipinski definition) is 0. The van der Waals surface area contributed by atoms with Gasteiger partial charge in [-0.15, -0.1) is 0 Å². The number of benzene rings is 1. The zero-order valence-electron chi connectivity index (χ0n) is 11.0. The molecule has 0 aromatic heterocycles. The van der Waals surface area contributed by atoms with Crippen molar-refractivity contribution in [1.82, 2.24) is 0 Å². The Balaban J connectivity index is 3.22. The van der Waals surface area contributed by atoms with Crippen LogP contribution in [0.1, 0.15) is 55.3 Å². The first-order valence-electron chi connectivity index (χ1n) is 5.55. The topological polar surface area (TPSA) is 34.1 Å². The molecule has 1 aromatic carbocycles. The van der Waals surface area contributed by atoms with Crippen LogP contribution < -0.4 is 4.46 Å². The Morgan fingerprint density at radius 2 is 1.35 bits per heavy atom. The predicted octanol–water partition coefficient (Wildman–Crippen LogP) is 2.64. The van der Waals surface area contributed by atoms with Gasteiger partial charge in [0.2, 0.25) is 0 Å². The number of carbonyl (C=O) groups excluding carboxylic acids is 2. The first kappa shape index (κ1) is 14.1. The van der Waals surface area contributed by atoms with Crippen LogP contribution in [0.25, 0.3) is 0 Å². The number of hydrogen-bond acceptors (Lipinski definition) is 2. The Morgan fingerprint density at radius 3 is 1.65 bits per heavy atom. The van der Waals surface area contributed by atoms with E-state index in [0.29, 0.717) is 11.1 Å². The molecule has 2 nitrogen and oxygen atoms in total. The molecule has 0 saturated heterocycles. The quantitative estimate of drug-likeness (QED) is 0.635. The van der Waals surface area contributed by atoms with Gasteiger partial charge in [-0.25, -0.2) is 0 Å². The fourth-order valence-electron chi connectivity index (χ4n) is 1.42. The summed E-state index contributed by atoms with van der Waals surface area (Å²) in [7, 11) is 0. The van der Waals surface area contributed by atoms with Crippen LogP contribution in [-0.2, 0) is 0 Å². The van der Waals surface area contributed by atoms with E-state index in [-0.39, 0.29) is 30.8 Å². The molecule has 0 spiro atoms. The second kappa shape index (κ2) is 5.16. The molecular formula is C14H18O2Se. The first-order chi connectivity index (χ1) is 7.69. The van der Waals surface area contributed by atoms with E-state index in [0.717, 1.165) is 4.46 Å². The van der Waals surface area contributed by atoms with Gasteiger partial charge in [0.05, 0.1) is 0 Å². The number of rotatable bonds is 3. The predicted molar refractivity (Wildman–Crippen MR) is 71.6 cm³/mol. The molecule has 0 aliphatic heterocycles. The molecule has 0 N–H and O–H groups in total. The summed E-state index contributed by atoms with van der Waals surface area (Å²) in [6, 6.07) is 5.52. The van der Waals surface area contributed by atoms with Crippen molar-refractivity contribution in [3.63, 3.8) is 0 Å². The summed E-state index contributed by atoms with van der Waals surface area (Å²) in [5, 5.41) is 0. The van der Waals surface area contributed by atoms with Gasteiger partial charge in [0, 0.05) is 0 Å². The van der Waals surface area contributed by atoms with Gasteiger partial charge in [0.1, 0.15) is 0 Å². The molecule has 0 radical (unpaired) electrons. The Labute approximate surface area is 109 Å². The van der Waals surface area contributed by atoms with Gasteiger partial charge in [0.25, 0.3) is 0 Å². The van der Waals surface area contributed by atoms with E-state index in [4.69, 9.17) is 0 Å². The Hall–Kier alpha value is -0.921. The first-order valence-corrected chi connectivity index (χ1v) is 7.26. The summed E-state index contributed by atoms with van der Waals surface area (Å²) in [4.78, 5) is 22.9. The number of carbonyl (C=O) groups is 2. The average molecular weight is 297 g/mol. The van der Waals surface area contributed by atoms with Crippen LogP contribution in [0.3, 0.4) is 0 Å². The molecule has 0 fully saturated rings. The van der Waals surface area contributed by atoms with Crippen molar-refractivity contribution < 1.29 is 9.59 Å². The van der Waals surface area contributed by atoms with Crippen LogP contribution in [0.2, 0.25) is 4.31 Å². The summed E-state index contributed by atoms with van der Waals surface area (Å²) in [6.45, 7) is 9.57. The average Bonchev–Trinajstić information content (AvgIpc) is 2.14. The molecule has 0 saturated carbocycles. The third-order valence-electron chi connectivity index (χ3n) is 2.14. The van der Waals surface area contributed by atoms with Crippen LogP contribution in [0.4, 0.5) is 0 Å². The van der Waals surface area contributed by atoms with Crippen molar-refractivity contribution in [1.29, 1.82) is 0 Å². The molecule has 0 heterocycles. The van der Waals surface area contributed by atoms with Crippen molar-refractivity contribution in [3.8, 4) is 0 Å². The summed E-state index contributed by atoms with van der Waals surface area (Å²) in [6.07, 6.45) is 0.